The van der Waals surface area contributed by atoms with E-state index in [9.17, 15) is 0 Å². The molecule has 0 aliphatic rings. The Morgan fingerprint density at radius 2 is 0.429 bits per heavy atom. The minimum atomic E-state index is 0. The molecule has 7 heteroatoms. The predicted molar refractivity (Wildman–Crippen MR) is 29.7 cm³/mol. The number of hydrogen-bond donors (Lipinski definition) is 0. The molecule has 52 valence electrons. The predicted octanol–water partition coefficient (Wildman–Crippen LogP) is -5.10. The third-order valence-electron chi connectivity index (χ3n) is 0. The third-order valence-corrected chi connectivity index (χ3v) is 0. The van der Waals surface area contributed by atoms with E-state index in [0.29, 0.717) is 0 Å². The summed E-state index contributed by atoms with van der Waals surface area (Å²) in [4.78, 5) is 0. The van der Waals surface area contributed by atoms with Gasteiger partial charge in [0.2, 0.25) is 0 Å². The zero-order chi connectivity index (χ0) is 0. The molecule has 0 saturated heterocycles. The van der Waals surface area contributed by atoms with Crippen molar-refractivity contribution >= 4 is 48.9 Å². The molecule has 0 aliphatic carbocycles. The van der Waals surface area contributed by atoms with E-state index in [2.05, 4.69) is 0 Å². The summed E-state index contributed by atoms with van der Waals surface area (Å²) in [6.45, 7) is 0. The maximum absolute atomic E-state index is 0. The Balaban J connectivity index is 0. The second-order valence-corrected chi connectivity index (χ2v) is 0. The van der Waals surface area contributed by atoms with Crippen molar-refractivity contribution in [1.82, 2.24) is 0 Å². The molecule has 0 aromatic heterocycles. The van der Waals surface area contributed by atoms with Crippen molar-refractivity contribution in [3.8, 4) is 0 Å². The fraction of sp³-hybridized carbons (Fsp3) is 0. The van der Waals surface area contributed by atoms with E-state index in [1.807, 2.05) is 0 Å². The molecule has 6 nitrogen and oxygen atoms in total. The normalized spacial score (nSPS) is 0. The van der Waals surface area contributed by atoms with Crippen LogP contribution in [0.25, 0.3) is 0 Å². The zero-order valence-electron chi connectivity index (χ0n) is 5.71. The van der Waals surface area contributed by atoms with Gasteiger partial charge in [-0.3, -0.25) is 0 Å². The van der Waals surface area contributed by atoms with Gasteiger partial charge in [-0.15, -0.1) is 0 Å². The Bertz CT molecular complexity index is 11.0. The van der Waals surface area contributed by atoms with Gasteiger partial charge >= 0.3 is 48.9 Å². The minimum absolute atomic E-state index is 0. The van der Waals surface area contributed by atoms with Crippen LogP contribution in [0.3, 0.4) is 0 Å². The van der Waals surface area contributed by atoms with Crippen LogP contribution in [0.4, 0.5) is 0 Å². The van der Waals surface area contributed by atoms with Gasteiger partial charge in [-0.25, -0.2) is 0 Å². The van der Waals surface area contributed by atoms with E-state index >= 15 is 0 Å². The van der Waals surface area contributed by atoms with Crippen molar-refractivity contribution in [2.45, 2.75) is 0 Å². The van der Waals surface area contributed by atoms with Crippen LogP contribution >= 0.6 is 0 Å². The average molecular weight is 247 g/mol. The molecule has 7 heavy (non-hydrogen) atoms. The molecule has 0 aromatic rings. The van der Waals surface area contributed by atoms with Gasteiger partial charge in [0.15, 0.2) is 0 Å². The van der Waals surface area contributed by atoms with Gasteiger partial charge < -0.3 is 35.7 Å². The van der Waals surface area contributed by atoms with Gasteiger partial charge in [-0.05, 0) is 0 Å². The van der Waals surface area contributed by atoms with Gasteiger partial charge in [0.25, 0.3) is 0 Å². The summed E-state index contributed by atoms with van der Waals surface area (Å²) < 4.78 is 0. The molecule has 0 aliphatic heterocycles. The molecule has 0 atom stereocenters. The molecule has 0 spiro atoms. The van der Waals surface area contributed by atoms with Gasteiger partial charge in [-0.2, -0.15) is 0 Å². The van der Waals surface area contributed by atoms with Gasteiger partial charge in [-0.1, -0.05) is 0 Å². The van der Waals surface area contributed by atoms with Crippen LogP contribution < -0.4 is 0 Å². The third kappa shape index (κ3) is 118. The molecule has 0 unspecified atom stereocenters. The van der Waals surface area contributed by atoms with Crippen molar-refractivity contribution in [2.24, 2.45) is 0 Å². The fourth-order valence-corrected chi connectivity index (χ4v) is 0. The van der Waals surface area contributed by atoms with Crippen LogP contribution in [0.2, 0.25) is 0 Å². The molecule has 0 aromatic carbocycles. The Kier molecular flexibility index (Phi) is 5980. The van der Waals surface area contributed by atoms with Crippen molar-refractivity contribution in [3.63, 3.8) is 0 Å². The SMILES string of the molecule is O.O.O.O.O.O.[Ba+2].[H-].[H-]. The van der Waals surface area contributed by atoms with E-state index in [1.54, 1.807) is 0 Å². The molecule has 0 rings (SSSR count). The summed E-state index contributed by atoms with van der Waals surface area (Å²) in [7, 11) is 0. The standard InChI is InChI=1S/Ba.6H2O.2H/h;6*1H2;;/q+2;;;;;;;2*-1. The van der Waals surface area contributed by atoms with Crippen LogP contribution in [-0.4, -0.2) is 81.7 Å². The Hall–Kier alpha value is 1.33. The summed E-state index contributed by atoms with van der Waals surface area (Å²) in [6, 6.07) is 0. The minimum Gasteiger partial charge on any atom is -1.00 e. The molecular weight excluding hydrogens is 233 g/mol. The van der Waals surface area contributed by atoms with E-state index < -0.39 is 0 Å². The Morgan fingerprint density at radius 1 is 0.429 bits per heavy atom. The summed E-state index contributed by atoms with van der Waals surface area (Å²) in [6.07, 6.45) is 0. The van der Waals surface area contributed by atoms with Gasteiger partial charge in [0.05, 0.1) is 0 Å². The first-order valence-corrected chi connectivity index (χ1v) is 0. The van der Waals surface area contributed by atoms with Crippen molar-refractivity contribution in [2.75, 3.05) is 0 Å². The molecule has 0 radical (unpaired) electrons. The fourth-order valence-electron chi connectivity index (χ4n) is 0. The van der Waals surface area contributed by atoms with E-state index in [-0.39, 0.29) is 84.6 Å². The quantitative estimate of drug-likeness (QED) is 0.370. The Labute approximate surface area is 83.8 Å². The molecule has 0 amide bonds. The van der Waals surface area contributed by atoms with E-state index in [4.69, 9.17) is 0 Å². The Morgan fingerprint density at radius 3 is 0.429 bits per heavy atom. The molecule has 0 saturated carbocycles. The average Bonchev–Trinajstić information content (AvgIpc) is 0. The first kappa shape index (κ1) is 253. The first-order valence-electron chi connectivity index (χ1n) is 0. The maximum atomic E-state index is 0. The van der Waals surface area contributed by atoms with E-state index in [1.165, 1.54) is 0 Å². The number of rotatable bonds is 0. The topological polar surface area (TPSA) is 189 Å². The van der Waals surface area contributed by atoms with E-state index in [0.717, 1.165) is 0 Å². The van der Waals surface area contributed by atoms with Gasteiger partial charge in [0, 0.05) is 0 Å². The molecule has 0 fully saturated rings. The van der Waals surface area contributed by atoms with Crippen LogP contribution in [-0.2, 0) is 0 Å². The van der Waals surface area contributed by atoms with Crippen LogP contribution in [0.5, 0.6) is 0 Å². The second kappa shape index (κ2) is 166. The maximum Gasteiger partial charge on any atom is 2.00 e. The van der Waals surface area contributed by atoms with Crippen LogP contribution in [0, 0.1) is 0 Å². The molecule has 0 bridgehead atoms. The second-order valence-electron chi connectivity index (χ2n) is 0. The molecular formula is H14BaO6. The van der Waals surface area contributed by atoms with Crippen molar-refractivity contribution in [3.05, 3.63) is 0 Å². The molecule has 12 N–H and O–H groups in total. The smallest absolute Gasteiger partial charge is 1.00 e. The van der Waals surface area contributed by atoms with Crippen molar-refractivity contribution in [1.29, 1.82) is 0 Å². The van der Waals surface area contributed by atoms with Crippen molar-refractivity contribution < 1.29 is 35.7 Å². The summed E-state index contributed by atoms with van der Waals surface area (Å²) >= 11 is 0. The number of hydrogen-bond acceptors (Lipinski definition) is 0. The van der Waals surface area contributed by atoms with Crippen LogP contribution in [0.15, 0.2) is 0 Å². The zero-order valence-corrected chi connectivity index (χ0v) is 8.15. The van der Waals surface area contributed by atoms with Gasteiger partial charge in [0.1, 0.15) is 0 Å². The summed E-state index contributed by atoms with van der Waals surface area (Å²) in [5.41, 5.74) is 0. The summed E-state index contributed by atoms with van der Waals surface area (Å²) in [5, 5.41) is 0. The van der Waals surface area contributed by atoms with Crippen LogP contribution in [0.1, 0.15) is 2.85 Å². The monoisotopic (exact) mass is 248 g/mol. The first-order chi connectivity index (χ1) is 0. The summed E-state index contributed by atoms with van der Waals surface area (Å²) in [5.74, 6) is 0. The largest absolute Gasteiger partial charge is 2.00 e. The molecule has 0 heterocycles.